The fourth-order valence-corrected chi connectivity index (χ4v) is 5.25. The number of hydrogen-bond acceptors (Lipinski definition) is 3. The zero-order valence-corrected chi connectivity index (χ0v) is 25.6. The number of carbonyl (C=O) groups excluding carboxylic acids is 1. The highest BCUT2D eigenvalue weighted by Gasteiger charge is 2.16. The van der Waals surface area contributed by atoms with Crippen molar-refractivity contribution in [3.8, 4) is 5.75 Å². The average Bonchev–Trinajstić information content (AvgIpc) is 3.32. The minimum absolute atomic E-state index is 0. The van der Waals surface area contributed by atoms with Gasteiger partial charge in [-0.1, -0.05) is 119 Å². The molecule has 3 rings (SSSR count). The van der Waals surface area contributed by atoms with E-state index in [1.54, 1.807) is 11.3 Å². The van der Waals surface area contributed by atoms with Crippen LogP contribution in [0.15, 0.2) is 60.2 Å². The summed E-state index contributed by atoms with van der Waals surface area (Å²) in [5.41, 5.74) is 4.50. The molecule has 4 nitrogen and oxygen atoms in total. The van der Waals surface area contributed by atoms with Gasteiger partial charge in [-0.05, 0) is 31.5 Å². The molecule has 0 aliphatic carbocycles. The molecule has 3 aromatic rings. The molecule has 6 heteroatoms. The van der Waals surface area contributed by atoms with Gasteiger partial charge in [0.2, 0.25) is 5.51 Å². The number of aryl methyl sites for hydroxylation is 1. The molecule has 0 saturated heterocycles. The lowest BCUT2D eigenvalue weighted by molar-refractivity contribution is -0.683. The maximum Gasteiger partial charge on any atom is 0.256 e. The van der Waals surface area contributed by atoms with Gasteiger partial charge in [0, 0.05) is 11.1 Å². The van der Waals surface area contributed by atoms with Gasteiger partial charge < -0.3 is 27.0 Å². The third-order valence-corrected chi connectivity index (χ3v) is 7.58. The summed E-state index contributed by atoms with van der Waals surface area (Å²) < 4.78 is 8.20. The predicted octanol–water partition coefficient (Wildman–Crippen LogP) is 5.73. The number of benzene rings is 2. The third kappa shape index (κ3) is 11.7. The van der Waals surface area contributed by atoms with Crippen molar-refractivity contribution < 1.29 is 31.1 Å². The first-order valence-corrected chi connectivity index (χ1v) is 15.1. The molecule has 0 bridgehead atoms. The molecule has 1 amide bonds. The number of amides is 1. The molecule has 0 aliphatic heterocycles. The van der Waals surface area contributed by atoms with Crippen molar-refractivity contribution in [3.05, 3.63) is 76.2 Å². The Morgan fingerprint density at radius 3 is 2.11 bits per heavy atom. The second-order valence-corrected chi connectivity index (χ2v) is 11.1. The molecule has 38 heavy (non-hydrogen) atoms. The van der Waals surface area contributed by atoms with Crippen molar-refractivity contribution in [2.45, 2.75) is 97.4 Å². The topological polar surface area (TPSA) is 42.2 Å². The van der Waals surface area contributed by atoms with Crippen LogP contribution in [0.4, 0.5) is 5.69 Å². The molecular weight excluding hydrogens is 556 g/mol. The van der Waals surface area contributed by atoms with Crippen LogP contribution in [0.1, 0.15) is 105 Å². The fourth-order valence-electron chi connectivity index (χ4n) is 4.62. The summed E-state index contributed by atoms with van der Waals surface area (Å²) >= 11 is 1.71. The summed E-state index contributed by atoms with van der Waals surface area (Å²) in [4.78, 5) is 14.4. The molecule has 0 aliphatic rings. The lowest BCUT2D eigenvalue weighted by Crippen LogP contribution is -3.00. The summed E-state index contributed by atoms with van der Waals surface area (Å²) in [7, 11) is 0. The number of halogens is 1. The molecule has 208 valence electrons. The maximum atomic E-state index is 13.2. The summed E-state index contributed by atoms with van der Waals surface area (Å²) in [5, 5.41) is 3.08. The fraction of sp³-hybridized carbons (Fsp3) is 0.500. The van der Waals surface area contributed by atoms with Gasteiger partial charge in [-0.2, -0.15) is 4.57 Å². The monoisotopic (exact) mass is 600 g/mol. The summed E-state index contributed by atoms with van der Waals surface area (Å²) in [6, 6.07) is 15.5. The number of aromatic nitrogens is 1. The molecule has 0 spiro atoms. The number of rotatable bonds is 18. The SMILES string of the molecule is CCCCCCCCCCCCCCOc1ccccc1NC(=O)c1ccccc1C[n+]1csc(C)c1.[Br-]. The van der Waals surface area contributed by atoms with Crippen molar-refractivity contribution in [1.82, 2.24) is 0 Å². The zero-order valence-electron chi connectivity index (χ0n) is 23.2. The molecule has 0 unspecified atom stereocenters. The number of unbranched alkanes of at least 4 members (excludes halogenated alkanes) is 11. The van der Waals surface area contributed by atoms with E-state index in [-0.39, 0.29) is 22.9 Å². The van der Waals surface area contributed by atoms with Gasteiger partial charge in [-0.15, -0.1) is 0 Å². The van der Waals surface area contributed by atoms with Crippen LogP contribution in [0.25, 0.3) is 0 Å². The molecule has 1 aromatic heterocycles. The Morgan fingerprint density at radius 1 is 0.842 bits per heavy atom. The normalized spacial score (nSPS) is 10.7. The highest BCUT2D eigenvalue weighted by molar-refractivity contribution is 7.09. The molecule has 0 radical (unpaired) electrons. The van der Waals surface area contributed by atoms with E-state index in [9.17, 15) is 4.79 Å². The first-order valence-electron chi connectivity index (χ1n) is 14.2. The molecular formula is C32H45BrN2O2S. The van der Waals surface area contributed by atoms with E-state index >= 15 is 0 Å². The van der Waals surface area contributed by atoms with Gasteiger partial charge in [0.05, 0.1) is 17.2 Å². The van der Waals surface area contributed by atoms with Gasteiger partial charge >= 0.3 is 0 Å². The van der Waals surface area contributed by atoms with Crippen molar-refractivity contribution in [1.29, 1.82) is 0 Å². The Balaban J connectivity index is 0.00000507. The predicted molar refractivity (Wildman–Crippen MR) is 156 cm³/mol. The van der Waals surface area contributed by atoms with Crippen LogP contribution in [0.3, 0.4) is 0 Å². The largest absolute Gasteiger partial charge is 1.00 e. The molecule has 2 aromatic carbocycles. The quantitative estimate of drug-likeness (QED) is 0.150. The van der Waals surface area contributed by atoms with Crippen LogP contribution >= 0.6 is 11.3 Å². The van der Waals surface area contributed by atoms with Crippen molar-refractivity contribution in [2.24, 2.45) is 0 Å². The highest BCUT2D eigenvalue weighted by Crippen LogP contribution is 2.25. The molecule has 1 heterocycles. The maximum absolute atomic E-state index is 13.2. The van der Waals surface area contributed by atoms with Gasteiger partial charge in [-0.3, -0.25) is 4.79 Å². The Hall–Kier alpha value is -2.18. The van der Waals surface area contributed by atoms with Crippen LogP contribution in [-0.2, 0) is 6.54 Å². The van der Waals surface area contributed by atoms with Crippen LogP contribution in [-0.4, -0.2) is 12.5 Å². The van der Waals surface area contributed by atoms with E-state index < -0.39 is 0 Å². The molecule has 0 fully saturated rings. The number of carbonyl (C=O) groups is 1. The molecule has 0 atom stereocenters. The summed E-state index contributed by atoms with van der Waals surface area (Å²) in [6.45, 7) is 5.71. The lowest BCUT2D eigenvalue weighted by Gasteiger charge is -2.13. The number of ether oxygens (including phenoxy) is 1. The van der Waals surface area contributed by atoms with E-state index in [1.165, 1.54) is 75.5 Å². The zero-order chi connectivity index (χ0) is 26.1. The standard InChI is InChI=1S/C32H44N2O2S.BrH/c1-3-4-5-6-7-8-9-10-11-12-13-18-23-36-31-22-17-16-21-30(31)33-32(35)29-20-15-14-19-28(29)25-34-24-27(2)37-26-34;/h14-17,19-22,24,26H,3-13,18,23,25H2,1-2H3;1H. The number of hydrogen-bond donors (Lipinski definition) is 1. The number of thiazole rings is 1. The Bertz CT molecular complexity index is 1070. The Kier molecular flexibility index (Phi) is 16.0. The summed E-state index contributed by atoms with van der Waals surface area (Å²) in [5.74, 6) is 0.629. The van der Waals surface area contributed by atoms with E-state index in [0.717, 1.165) is 23.4 Å². The second kappa shape index (κ2) is 19.0. The van der Waals surface area contributed by atoms with Crippen LogP contribution in [0.2, 0.25) is 0 Å². The third-order valence-electron chi connectivity index (χ3n) is 6.73. The number of para-hydroxylation sites is 2. The first kappa shape index (κ1) is 32.0. The van der Waals surface area contributed by atoms with E-state index in [1.807, 2.05) is 48.5 Å². The van der Waals surface area contributed by atoms with Crippen LogP contribution < -0.4 is 31.6 Å². The van der Waals surface area contributed by atoms with Gasteiger partial charge in [0.15, 0.2) is 12.7 Å². The number of nitrogens with one attached hydrogen (secondary N) is 1. The number of nitrogens with zero attached hydrogens (tertiary/aromatic N) is 1. The van der Waals surface area contributed by atoms with Gasteiger partial charge in [0.25, 0.3) is 5.91 Å². The van der Waals surface area contributed by atoms with Gasteiger partial charge in [-0.25, -0.2) is 0 Å². The van der Waals surface area contributed by atoms with Crippen LogP contribution in [0.5, 0.6) is 5.75 Å². The van der Waals surface area contributed by atoms with Gasteiger partial charge in [0.1, 0.15) is 5.75 Å². The minimum Gasteiger partial charge on any atom is -1.00 e. The number of anilines is 1. The lowest BCUT2D eigenvalue weighted by atomic mass is 10.1. The Labute approximate surface area is 244 Å². The Morgan fingerprint density at radius 2 is 1.45 bits per heavy atom. The average molecular weight is 602 g/mol. The highest BCUT2D eigenvalue weighted by atomic mass is 79.9. The van der Waals surface area contributed by atoms with E-state index in [0.29, 0.717) is 18.7 Å². The first-order chi connectivity index (χ1) is 18.2. The van der Waals surface area contributed by atoms with Crippen molar-refractivity contribution in [2.75, 3.05) is 11.9 Å². The van der Waals surface area contributed by atoms with Crippen molar-refractivity contribution >= 4 is 22.9 Å². The van der Waals surface area contributed by atoms with Crippen molar-refractivity contribution in [3.63, 3.8) is 0 Å². The summed E-state index contributed by atoms with van der Waals surface area (Å²) in [6.07, 6.45) is 18.0. The van der Waals surface area contributed by atoms with E-state index in [4.69, 9.17) is 4.74 Å². The van der Waals surface area contributed by atoms with E-state index in [2.05, 4.69) is 35.4 Å². The molecule has 0 saturated carbocycles. The minimum atomic E-state index is -0.107. The smallest absolute Gasteiger partial charge is 0.256 e. The molecule has 1 N–H and O–H groups in total. The second-order valence-electron chi connectivity index (χ2n) is 9.98. The van der Waals surface area contributed by atoms with Crippen LogP contribution in [0, 0.1) is 6.92 Å².